The van der Waals surface area contributed by atoms with Gasteiger partial charge >= 0.3 is 0 Å². The molecule has 0 amide bonds. The molecular weight excluding hydrogens is 294 g/mol. The first-order valence-electron chi connectivity index (χ1n) is 6.50. The molecule has 17 heavy (non-hydrogen) atoms. The molecule has 2 rings (SSSR count). The van der Waals surface area contributed by atoms with E-state index in [2.05, 4.69) is 42.8 Å². The predicted molar refractivity (Wildman–Crippen MR) is 79.4 cm³/mol. The van der Waals surface area contributed by atoms with E-state index in [0.29, 0.717) is 5.92 Å². The number of nitrogens with two attached hydrogens (primary N) is 1. The summed E-state index contributed by atoms with van der Waals surface area (Å²) in [6, 6.07) is 2.49. The van der Waals surface area contributed by atoms with Gasteiger partial charge < -0.3 is 5.73 Å². The van der Waals surface area contributed by atoms with Gasteiger partial charge in [-0.1, -0.05) is 20.3 Å². The van der Waals surface area contributed by atoms with Crippen molar-refractivity contribution in [3.05, 3.63) is 20.3 Å². The normalized spacial score (nSPS) is 31.5. The fourth-order valence-corrected chi connectivity index (χ4v) is 4.46. The van der Waals surface area contributed by atoms with Gasteiger partial charge in [-0.05, 0) is 65.1 Å². The van der Waals surface area contributed by atoms with E-state index in [9.17, 15) is 0 Å². The molecule has 4 atom stereocenters. The number of hydrogen-bond donors (Lipinski definition) is 1. The number of hydrogen-bond acceptors (Lipinski definition) is 2. The lowest BCUT2D eigenvalue weighted by Crippen LogP contribution is -2.28. The summed E-state index contributed by atoms with van der Waals surface area (Å²) in [5.74, 6) is 2.37. The van der Waals surface area contributed by atoms with Gasteiger partial charge in [0, 0.05) is 10.9 Å². The highest BCUT2D eigenvalue weighted by molar-refractivity contribution is 9.11. The minimum Gasteiger partial charge on any atom is -0.323 e. The van der Waals surface area contributed by atoms with E-state index in [0.717, 1.165) is 11.8 Å². The molecule has 2 N–H and O–H groups in total. The average molecular weight is 316 g/mol. The van der Waals surface area contributed by atoms with Crippen molar-refractivity contribution in [1.29, 1.82) is 0 Å². The lowest BCUT2D eigenvalue weighted by molar-refractivity contribution is 0.187. The van der Waals surface area contributed by atoms with E-state index in [1.165, 1.54) is 33.5 Å². The molecule has 0 aromatic carbocycles. The molecule has 0 aliphatic heterocycles. The maximum absolute atomic E-state index is 6.45. The zero-order valence-electron chi connectivity index (χ0n) is 10.9. The Bertz CT molecular complexity index is 368. The smallest absolute Gasteiger partial charge is 0.0731 e. The summed E-state index contributed by atoms with van der Waals surface area (Å²) in [5.41, 5.74) is 7.77. The van der Waals surface area contributed by atoms with Gasteiger partial charge in [-0.2, -0.15) is 0 Å². The van der Waals surface area contributed by atoms with Crippen LogP contribution in [-0.2, 0) is 0 Å². The molecule has 1 aliphatic rings. The maximum atomic E-state index is 6.45. The monoisotopic (exact) mass is 315 g/mol. The minimum absolute atomic E-state index is 0.236. The van der Waals surface area contributed by atoms with Crippen molar-refractivity contribution in [3.63, 3.8) is 0 Å². The van der Waals surface area contributed by atoms with E-state index in [1.54, 1.807) is 0 Å². The number of rotatable bonds is 2. The molecule has 1 heterocycles. The Labute approximate surface area is 117 Å². The van der Waals surface area contributed by atoms with Gasteiger partial charge in [0.15, 0.2) is 0 Å². The summed E-state index contributed by atoms with van der Waals surface area (Å²) >= 11 is 5.40. The molecule has 0 bridgehead atoms. The predicted octanol–water partition coefficient (Wildman–Crippen LogP) is 4.89. The number of halogens is 1. The lowest BCUT2D eigenvalue weighted by Gasteiger charge is -2.34. The minimum atomic E-state index is 0.236. The molecule has 0 saturated heterocycles. The molecule has 4 unspecified atom stereocenters. The van der Waals surface area contributed by atoms with E-state index >= 15 is 0 Å². The van der Waals surface area contributed by atoms with Crippen LogP contribution in [0.5, 0.6) is 0 Å². The van der Waals surface area contributed by atoms with Crippen LogP contribution in [0.3, 0.4) is 0 Å². The zero-order valence-corrected chi connectivity index (χ0v) is 13.3. The Morgan fingerprint density at radius 3 is 2.59 bits per heavy atom. The second-order valence-corrected chi connectivity index (χ2v) is 8.06. The van der Waals surface area contributed by atoms with Crippen molar-refractivity contribution in [2.45, 2.75) is 46.1 Å². The van der Waals surface area contributed by atoms with Crippen LogP contribution in [-0.4, -0.2) is 0 Å². The summed E-state index contributed by atoms with van der Waals surface area (Å²) in [5, 5.41) is 0. The van der Waals surface area contributed by atoms with E-state index in [4.69, 9.17) is 5.73 Å². The molecule has 1 aromatic rings. The topological polar surface area (TPSA) is 26.0 Å². The summed E-state index contributed by atoms with van der Waals surface area (Å²) < 4.78 is 1.24. The number of thiophene rings is 1. The first kappa shape index (κ1) is 13.6. The highest BCUT2D eigenvalue weighted by Crippen LogP contribution is 2.41. The lowest BCUT2D eigenvalue weighted by atomic mass is 9.73. The quantitative estimate of drug-likeness (QED) is 0.826. The van der Waals surface area contributed by atoms with Crippen molar-refractivity contribution < 1.29 is 0 Å². The maximum Gasteiger partial charge on any atom is 0.0731 e. The third-order valence-corrected chi connectivity index (χ3v) is 6.59. The van der Waals surface area contributed by atoms with Crippen molar-refractivity contribution in [1.82, 2.24) is 0 Å². The van der Waals surface area contributed by atoms with Crippen molar-refractivity contribution in [3.8, 4) is 0 Å². The third-order valence-electron chi connectivity index (χ3n) is 4.35. The van der Waals surface area contributed by atoms with Crippen molar-refractivity contribution in [2.24, 2.45) is 23.5 Å². The van der Waals surface area contributed by atoms with Crippen LogP contribution in [0.1, 0.15) is 49.6 Å². The summed E-state index contributed by atoms with van der Waals surface area (Å²) in [7, 11) is 0. The van der Waals surface area contributed by atoms with Gasteiger partial charge in [0.05, 0.1) is 3.79 Å². The van der Waals surface area contributed by atoms with Crippen molar-refractivity contribution in [2.75, 3.05) is 0 Å². The SMILES string of the molecule is Cc1cc(C(N)C2CCC(C)C(C)C2)sc1Br. The first-order chi connectivity index (χ1) is 7.99. The average Bonchev–Trinajstić information content (AvgIpc) is 2.62. The van der Waals surface area contributed by atoms with Gasteiger partial charge in [0.1, 0.15) is 0 Å². The molecule has 0 spiro atoms. The second kappa shape index (κ2) is 5.41. The van der Waals surface area contributed by atoms with Crippen LogP contribution in [0.25, 0.3) is 0 Å². The van der Waals surface area contributed by atoms with Crippen molar-refractivity contribution >= 4 is 27.3 Å². The standard InChI is InChI=1S/C14H22BrNS/c1-8-4-5-11(6-9(8)2)13(16)12-7-10(3)14(15)17-12/h7-9,11,13H,4-6,16H2,1-3H3. The van der Waals surface area contributed by atoms with Crippen LogP contribution in [0.2, 0.25) is 0 Å². The molecule has 3 heteroatoms. The van der Waals surface area contributed by atoms with E-state index in [1.807, 2.05) is 11.3 Å². The molecular formula is C14H22BrNS. The van der Waals surface area contributed by atoms with E-state index < -0.39 is 0 Å². The summed E-state index contributed by atoms with van der Waals surface area (Å²) in [6.45, 7) is 6.89. The Hall–Kier alpha value is 0.140. The van der Waals surface area contributed by atoms with Gasteiger partial charge in [-0.15, -0.1) is 11.3 Å². The molecule has 0 radical (unpaired) electrons. The third kappa shape index (κ3) is 2.94. The molecule has 1 fully saturated rings. The van der Waals surface area contributed by atoms with Crippen LogP contribution in [0.4, 0.5) is 0 Å². The van der Waals surface area contributed by atoms with Gasteiger partial charge in [0.25, 0.3) is 0 Å². The Kier molecular flexibility index (Phi) is 4.32. The Balaban J connectivity index is 2.07. The first-order valence-corrected chi connectivity index (χ1v) is 8.11. The zero-order chi connectivity index (χ0) is 12.6. The fourth-order valence-electron chi connectivity index (χ4n) is 2.80. The van der Waals surface area contributed by atoms with Crippen LogP contribution >= 0.6 is 27.3 Å². The van der Waals surface area contributed by atoms with E-state index in [-0.39, 0.29) is 6.04 Å². The molecule has 1 nitrogen and oxygen atoms in total. The van der Waals surface area contributed by atoms with Gasteiger partial charge in [0.2, 0.25) is 0 Å². The molecule has 96 valence electrons. The summed E-state index contributed by atoms with van der Waals surface area (Å²) in [4.78, 5) is 1.35. The fraction of sp³-hybridized carbons (Fsp3) is 0.714. The van der Waals surface area contributed by atoms with Gasteiger partial charge in [-0.3, -0.25) is 0 Å². The molecule has 1 saturated carbocycles. The highest BCUT2D eigenvalue weighted by Gasteiger charge is 2.29. The van der Waals surface area contributed by atoms with Crippen LogP contribution in [0, 0.1) is 24.7 Å². The molecule has 1 aromatic heterocycles. The van der Waals surface area contributed by atoms with Gasteiger partial charge in [-0.25, -0.2) is 0 Å². The highest BCUT2D eigenvalue weighted by atomic mass is 79.9. The molecule has 1 aliphatic carbocycles. The Morgan fingerprint density at radius 1 is 1.35 bits per heavy atom. The summed E-state index contributed by atoms with van der Waals surface area (Å²) in [6.07, 6.45) is 3.92. The number of aryl methyl sites for hydroxylation is 1. The Morgan fingerprint density at radius 2 is 2.06 bits per heavy atom. The largest absolute Gasteiger partial charge is 0.323 e. The van der Waals surface area contributed by atoms with Crippen LogP contribution < -0.4 is 5.73 Å². The second-order valence-electron chi connectivity index (χ2n) is 5.66. The van der Waals surface area contributed by atoms with Crippen LogP contribution in [0.15, 0.2) is 9.85 Å².